The minimum atomic E-state index is 0.268. The highest BCUT2D eigenvalue weighted by Crippen LogP contribution is 2.33. The summed E-state index contributed by atoms with van der Waals surface area (Å²) in [6.45, 7) is 11.3. The van der Waals surface area contributed by atoms with Crippen LogP contribution in [-0.4, -0.2) is 5.78 Å². The third kappa shape index (κ3) is 4.40. The molecular weight excluding hydrogens is 220 g/mol. The highest BCUT2D eigenvalue weighted by Gasteiger charge is 2.29. The zero-order valence-corrected chi connectivity index (χ0v) is 13.0. The monoisotopic (exact) mass is 252 g/mol. The molecule has 1 nitrogen and oxygen atoms in total. The van der Waals surface area contributed by atoms with Crippen molar-refractivity contribution in [3.05, 3.63) is 0 Å². The van der Waals surface area contributed by atoms with Crippen molar-refractivity contribution in [1.82, 2.24) is 0 Å². The van der Waals surface area contributed by atoms with Gasteiger partial charge in [-0.25, -0.2) is 0 Å². The topological polar surface area (TPSA) is 17.1 Å². The second-order valence-electron chi connectivity index (χ2n) is 6.87. The van der Waals surface area contributed by atoms with Gasteiger partial charge in [-0.3, -0.25) is 4.79 Å². The number of rotatable bonds is 6. The smallest absolute Gasteiger partial charge is 0.138 e. The molecule has 1 saturated carbocycles. The van der Waals surface area contributed by atoms with Gasteiger partial charge in [0.15, 0.2) is 0 Å². The van der Waals surface area contributed by atoms with Gasteiger partial charge in [0.1, 0.15) is 5.78 Å². The Balaban J connectivity index is 2.45. The lowest BCUT2D eigenvalue weighted by molar-refractivity contribution is -0.128. The molecular formula is C17H32O. The quantitative estimate of drug-likeness (QED) is 0.643. The van der Waals surface area contributed by atoms with Crippen LogP contribution in [0.2, 0.25) is 0 Å². The van der Waals surface area contributed by atoms with Gasteiger partial charge in [0.25, 0.3) is 0 Å². The SMILES string of the molecule is CCC(C)C(C)CC(C)C(=O)C1CCCC(C)C1. The van der Waals surface area contributed by atoms with Crippen LogP contribution in [0, 0.1) is 29.6 Å². The van der Waals surface area contributed by atoms with E-state index in [0.717, 1.165) is 31.1 Å². The largest absolute Gasteiger partial charge is 0.299 e. The molecule has 0 saturated heterocycles. The highest BCUT2D eigenvalue weighted by molar-refractivity contribution is 5.83. The highest BCUT2D eigenvalue weighted by atomic mass is 16.1. The lowest BCUT2D eigenvalue weighted by Gasteiger charge is -2.29. The first-order valence-electron chi connectivity index (χ1n) is 7.99. The summed E-state index contributed by atoms with van der Waals surface area (Å²) in [5.41, 5.74) is 0. The fraction of sp³-hybridized carbons (Fsp3) is 0.941. The van der Waals surface area contributed by atoms with Crippen LogP contribution in [0.25, 0.3) is 0 Å². The maximum Gasteiger partial charge on any atom is 0.138 e. The third-order valence-electron chi connectivity index (χ3n) is 5.17. The van der Waals surface area contributed by atoms with Gasteiger partial charge in [0.2, 0.25) is 0 Å². The first-order chi connectivity index (χ1) is 8.45. The van der Waals surface area contributed by atoms with E-state index in [1.807, 2.05) is 0 Å². The Morgan fingerprint density at radius 2 is 1.83 bits per heavy atom. The Bertz CT molecular complexity index is 258. The number of carbonyl (C=O) groups excluding carboxylic acids is 1. The van der Waals surface area contributed by atoms with E-state index >= 15 is 0 Å². The van der Waals surface area contributed by atoms with Crippen molar-refractivity contribution in [2.45, 2.75) is 73.1 Å². The van der Waals surface area contributed by atoms with E-state index in [1.165, 1.54) is 19.3 Å². The molecule has 0 spiro atoms. The van der Waals surface area contributed by atoms with Gasteiger partial charge in [-0.05, 0) is 37.0 Å². The molecule has 0 amide bonds. The van der Waals surface area contributed by atoms with Crippen molar-refractivity contribution < 1.29 is 4.79 Å². The average molecular weight is 252 g/mol. The summed E-state index contributed by atoms with van der Waals surface area (Å²) in [6.07, 6.45) is 7.17. The molecule has 0 radical (unpaired) electrons. The molecule has 1 aliphatic carbocycles. The first-order valence-corrected chi connectivity index (χ1v) is 7.99. The van der Waals surface area contributed by atoms with Gasteiger partial charge in [-0.15, -0.1) is 0 Å². The van der Waals surface area contributed by atoms with Crippen molar-refractivity contribution in [3.8, 4) is 0 Å². The Morgan fingerprint density at radius 3 is 2.39 bits per heavy atom. The van der Waals surface area contributed by atoms with Gasteiger partial charge < -0.3 is 0 Å². The molecule has 0 N–H and O–H groups in total. The molecule has 5 atom stereocenters. The summed E-state index contributed by atoms with van der Waals surface area (Å²) in [6, 6.07) is 0. The van der Waals surface area contributed by atoms with Crippen LogP contribution in [0.15, 0.2) is 0 Å². The minimum absolute atomic E-state index is 0.268. The second-order valence-corrected chi connectivity index (χ2v) is 6.87. The lowest BCUT2D eigenvalue weighted by atomic mass is 9.75. The van der Waals surface area contributed by atoms with Crippen molar-refractivity contribution in [2.75, 3.05) is 0 Å². The van der Waals surface area contributed by atoms with Crippen LogP contribution >= 0.6 is 0 Å². The van der Waals surface area contributed by atoms with Crippen LogP contribution in [-0.2, 0) is 4.79 Å². The predicted molar refractivity (Wildman–Crippen MR) is 78.5 cm³/mol. The van der Waals surface area contributed by atoms with Crippen LogP contribution in [0.4, 0.5) is 0 Å². The van der Waals surface area contributed by atoms with Gasteiger partial charge in [0, 0.05) is 11.8 Å². The number of carbonyl (C=O) groups is 1. The van der Waals surface area contributed by atoms with E-state index in [9.17, 15) is 4.79 Å². The summed E-state index contributed by atoms with van der Waals surface area (Å²) in [5.74, 6) is 3.36. The zero-order chi connectivity index (χ0) is 13.7. The third-order valence-corrected chi connectivity index (χ3v) is 5.17. The van der Waals surface area contributed by atoms with Crippen molar-refractivity contribution in [3.63, 3.8) is 0 Å². The normalized spacial score (nSPS) is 29.6. The Hall–Kier alpha value is -0.330. The predicted octanol–water partition coefficient (Wildman–Crippen LogP) is 5.09. The summed E-state index contributed by atoms with van der Waals surface area (Å²) in [4.78, 5) is 12.5. The summed E-state index contributed by atoms with van der Waals surface area (Å²) in [7, 11) is 0. The van der Waals surface area contributed by atoms with Crippen LogP contribution in [0.5, 0.6) is 0 Å². The van der Waals surface area contributed by atoms with Gasteiger partial charge in [-0.2, -0.15) is 0 Å². The van der Waals surface area contributed by atoms with Gasteiger partial charge in [0.05, 0.1) is 0 Å². The van der Waals surface area contributed by atoms with E-state index in [0.29, 0.717) is 17.6 Å². The van der Waals surface area contributed by atoms with Crippen molar-refractivity contribution in [1.29, 1.82) is 0 Å². The van der Waals surface area contributed by atoms with Gasteiger partial charge >= 0.3 is 0 Å². The van der Waals surface area contributed by atoms with E-state index in [4.69, 9.17) is 0 Å². The van der Waals surface area contributed by atoms with Crippen LogP contribution < -0.4 is 0 Å². The fourth-order valence-corrected chi connectivity index (χ4v) is 3.40. The number of hydrogen-bond donors (Lipinski definition) is 0. The fourth-order valence-electron chi connectivity index (χ4n) is 3.40. The molecule has 0 aliphatic heterocycles. The Labute approximate surface area is 114 Å². The summed E-state index contributed by atoms with van der Waals surface area (Å²) >= 11 is 0. The van der Waals surface area contributed by atoms with Gasteiger partial charge in [-0.1, -0.05) is 53.9 Å². The Kier molecular flexibility index (Phi) is 6.38. The maximum absolute atomic E-state index is 12.5. The molecule has 1 fully saturated rings. The van der Waals surface area contributed by atoms with Crippen LogP contribution in [0.1, 0.15) is 73.1 Å². The van der Waals surface area contributed by atoms with E-state index in [2.05, 4.69) is 34.6 Å². The number of ketones is 1. The van der Waals surface area contributed by atoms with Crippen molar-refractivity contribution >= 4 is 5.78 Å². The molecule has 0 heterocycles. The van der Waals surface area contributed by atoms with E-state index < -0.39 is 0 Å². The summed E-state index contributed by atoms with van der Waals surface area (Å²) < 4.78 is 0. The molecule has 0 bridgehead atoms. The Morgan fingerprint density at radius 1 is 1.17 bits per heavy atom. The van der Waals surface area contributed by atoms with Crippen molar-refractivity contribution in [2.24, 2.45) is 29.6 Å². The standard InChI is InChI=1S/C17H32O/c1-6-13(3)14(4)11-15(5)17(18)16-9-7-8-12(2)10-16/h12-16H,6-11H2,1-5H3. The first kappa shape index (κ1) is 15.7. The maximum atomic E-state index is 12.5. The molecule has 0 aromatic heterocycles. The number of hydrogen-bond acceptors (Lipinski definition) is 1. The summed E-state index contributed by atoms with van der Waals surface area (Å²) in [5, 5.41) is 0. The lowest BCUT2D eigenvalue weighted by Crippen LogP contribution is -2.28. The molecule has 0 aromatic rings. The zero-order valence-electron chi connectivity index (χ0n) is 13.0. The average Bonchev–Trinajstić information content (AvgIpc) is 2.36. The molecule has 5 unspecified atom stereocenters. The molecule has 106 valence electrons. The second kappa shape index (κ2) is 7.31. The van der Waals surface area contributed by atoms with E-state index in [-0.39, 0.29) is 5.92 Å². The molecule has 1 heteroatoms. The molecule has 18 heavy (non-hydrogen) atoms. The van der Waals surface area contributed by atoms with E-state index in [1.54, 1.807) is 0 Å². The minimum Gasteiger partial charge on any atom is -0.299 e. The molecule has 1 aliphatic rings. The van der Waals surface area contributed by atoms with Crippen LogP contribution in [0.3, 0.4) is 0 Å². The number of Topliss-reactive ketones (excluding diaryl/α,β-unsaturated/α-hetero) is 1. The molecule has 1 rings (SSSR count). The molecule has 0 aromatic carbocycles.